The maximum atomic E-state index is 11.3. The second-order valence-corrected chi connectivity index (χ2v) is 9.32. The average Bonchev–Trinajstić information content (AvgIpc) is 2.61. The number of rotatable bonds is 19. The van der Waals surface area contributed by atoms with Crippen molar-refractivity contribution in [2.75, 3.05) is 7.11 Å². The first-order chi connectivity index (χ1) is 12.7. The van der Waals surface area contributed by atoms with E-state index in [4.69, 9.17) is 4.18 Å². The fourth-order valence-electron chi connectivity index (χ4n) is 3.24. The van der Waals surface area contributed by atoms with Crippen molar-refractivity contribution in [3.05, 3.63) is 0 Å². The Morgan fingerprint density at radius 1 is 0.815 bits per heavy atom. The van der Waals surface area contributed by atoms with Gasteiger partial charge in [0.05, 0.1) is 7.11 Å². The van der Waals surface area contributed by atoms with E-state index < -0.39 is 16.2 Å². The summed E-state index contributed by atoms with van der Waals surface area (Å²) in [6.45, 7) is 5.43. The molecule has 2 unspecified atom stereocenters. The van der Waals surface area contributed by atoms with Gasteiger partial charge in [-0.1, -0.05) is 104 Å². The maximum absolute atomic E-state index is 11.3. The molecule has 0 aromatic carbocycles. The molecule has 0 bridgehead atoms. The van der Waals surface area contributed by atoms with Crippen LogP contribution in [0.15, 0.2) is 0 Å². The van der Waals surface area contributed by atoms with Crippen LogP contribution < -0.4 is 0 Å². The third-order valence-electron chi connectivity index (χ3n) is 5.38. The minimum atomic E-state index is -4.13. The highest BCUT2D eigenvalue weighted by Crippen LogP contribution is 2.26. The van der Waals surface area contributed by atoms with E-state index in [1.54, 1.807) is 6.92 Å². The van der Waals surface area contributed by atoms with E-state index in [0.717, 1.165) is 26.4 Å². The quantitative estimate of drug-likeness (QED) is 0.206. The maximum Gasteiger partial charge on any atom is 0.402 e. The third-order valence-corrected chi connectivity index (χ3v) is 6.33. The lowest BCUT2D eigenvalue weighted by Gasteiger charge is -2.28. The Hall–Kier alpha value is -0.170. The smallest absolute Gasteiger partial charge is 0.364 e. The van der Waals surface area contributed by atoms with Crippen LogP contribution in [0.3, 0.4) is 0 Å². The molecule has 0 aromatic heterocycles. The highest BCUT2D eigenvalue weighted by atomic mass is 32.3. The van der Waals surface area contributed by atoms with Crippen molar-refractivity contribution in [1.29, 1.82) is 0 Å². The molecule has 164 valence electrons. The molecule has 0 saturated carbocycles. The first kappa shape index (κ1) is 26.8. The minimum Gasteiger partial charge on any atom is -0.364 e. The number of unbranched alkanes of at least 4 members (excludes halogenated alkanes) is 13. The minimum absolute atomic E-state index is 0.278. The molecular formula is C21H44O5S. The van der Waals surface area contributed by atoms with Crippen molar-refractivity contribution in [1.82, 2.24) is 0 Å². The fraction of sp³-hybridized carbons (Fsp3) is 1.00. The van der Waals surface area contributed by atoms with Gasteiger partial charge < -0.3 is 5.11 Å². The standard InChI is InChI=1S/C21H44O5S/c1-5-6-7-8-9-10-11-12-13-14-15-16-17-18-19-20(2)21(3,22)26-27(23,24)25-4/h20,22H,5-19H2,1-4H3. The second kappa shape index (κ2) is 15.7. The van der Waals surface area contributed by atoms with Crippen molar-refractivity contribution in [2.24, 2.45) is 5.92 Å². The van der Waals surface area contributed by atoms with E-state index in [-0.39, 0.29) is 5.92 Å². The van der Waals surface area contributed by atoms with Gasteiger partial charge in [-0.15, -0.1) is 0 Å². The van der Waals surface area contributed by atoms with E-state index in [0.29, 0.717) is 0 Å². The topological polar surface area (TPSA) is 72.8 Å². The lowest BCUT2D eigenvalue weighted by atomic mass is 9.95. The van der Waals surface area contributed by atoms with Crippen LogP contribution >= 0.6 is 0 Å². The van der Waals surface area contributed by atoms with Crippen LogP contribution in [0.5, 0.6) is 0 Å². The van der Waals surface area contributed by atoms with E-state index in [9.17, 15) is 13.5 Å². The van der Waals surface area contributed by atoms with Gasteiger partial charge in [0.2, 0.25) is 0 Å². The summed E-state index contributed by atoms with van der Waals surface area (Å²) in [4.78, 5) is 0. The van der Waals surface area contributed by atoms with Gasteiger partial charge in [-0.05, 0) is 13.3 Å². The number of aliphatic hydroxyl groups is 1. The second-order valence-electron chi connectivity index (χ2n) is 8.00. The molecule has 0 saturated heterocycles. The van der Waals surface area contributed by atoms with Crippen LogP contribution in [0.1, 0.15) is 117 Å². The van der Waals surface area contributed by atoms with E-state index in [2.05, 4.69) is 11.1 Å². The summed E-state index contributed by atoms with van der Waals surface area (Å²) in [7, 11) is -3.11. The molecule has 0 heterocycles. The molecule has 0 aromatic rings. The van der Waals surface area contributed by atoms with E-state index in [1.165, 1.54) is 84.0 Å². The summed E-state index contributed by atoms with van der Waals surface area (Å²) in [5, 5.41) is 10.2. The number of hydrogen-bond donors (Lipinski definition) is 1. The van der Waals surface area contributed by atoms with Crippen LogP contribution in [0.25, 0.3) is 0 Å². The Morgan fingerprint density at radius 2 is 1.19 bits per heavy atom. The summed E-state index contributed by atoms with van der Waals surface area (Å²) in [6, 6.07) is 0. The van der Waals surface area contributed by atoms with Gasteiger partial charge >= 0.3 is 10.4 Å². The molecule has 0 aliphatic carbocycles. The molecular weight excluding hydrogens is 364 g/mol. The molecule has 0 rings (SSSR count). The molecule has 1 N–H and O–H groups in total. The molecule has 0 spiro atoms. The summed E-state index contributed by atoms with van der Waals surface area (Å²) in [6.07, 6.45) is 18.9. The highest BCUT2D eigenvalue weighted by molar-refractivity contribution is 7.81. The average molecular weight is 409 g/mol. The molecule has 0 aliphatic heterocycles. The molecule has 27 heavy (non-hydrogen) atoms. The van der Waals surface area contributed by atoms with Gasteiger partial charge in [0, 0.05) is 5.92 Å². The SMILES string of the molecule is CCCCCCCCCCCCCCCCC(C)C(C)(O)OS(=O)(=O)OC. The zero-order chi connectivity index (χ0) is 20.6. The predicted molar refractivity (Wildman–Crippen MR) is 112 cm³/mol. The molecule has 0 radical (unpaired) electrons. The van der Waals surface area contributed by atoms with Crippen molar-refractivity contribution >= 4 is 10.4 Å². The molecule has 0 aliphatic rings. The van der Waals surface area contributed by atoms with Crippen molar-refractivity contribution in [3.63, 3.8) is 0 Å². The van der Waals surface area contributed by atoms with Gasteiger partial charge in [0.15, 0.2) is 5.79 Å². The van der Waals surface area contributed by atoms with Crippen LogP contribution in [0, 0.1) is 5.92 Å². The lowest BCUT2D eigenvalue weighted by Crippen LogP contribution is -2.38. The summed E-state index contributed by atoms with van der Waals surface area (Å²) in [5.74, 6) is -2.01. The van der Waals surface area contributed by atoms with Crippen molar-refractivity contribution in [3.8, 4) is 0 Å². The molecule has 6 heteroatoms. The van der Waals surface area contributed by atoms with Gasteiger partial charge in [0.1, 0.15) is 0 Å². The number of hydrogen-bond acceptors (Lipinski definition) is 5. The Balaban J connectivity index is 3.53. The summed E-state index contributed by atoms with van der Waals surface area (Å²) < 4.78 is 31.6. The largest absolute Gasteiger partial charge is 0.402 e. The molecule has 2 atom stereocenters. The van der Waals surface area contributed by atoms with Crippen molar-refractivity contribution < 1.29 is 21.9 Å². The van der Waals surface area contributed by atoms with Crippen molar-refractivity contribution in [2.45, 2.75) is 123 Å². The summed E-state index contributed by atoms with van der Waals surface area (Å²) in [5.41, 5.74) is 0. The third kappa shape index (κ3) is 15.4. The fourth-order valence-corrected chi connectivity index (χ4v) is 3.88. The lowest BCUT2D eigenvalue weighted by molar-refractivity contribution is -0.162. The summed E-state index contributed by atoms with van der Waals surface area (Å²) >= 11 is 0. The monoisotopic (exact) mass is 408 g/mol. The molecule has 5 nitrogen and oxygen atoms in total. The van der Waals surface area contributed by atoms with Gasteiger partial charge in [-0.2, -0.15) is 8.42 Å². The van der Waals surface area contributed by atoms with Gasteiger partial charge in [-0.25, -0.2) is 4.18 Å². The molecule has 0 fully saturated rings. The Labute approximate surface area is 168 Å². The zero-order valence-corrected chi connectivity index (χ0v) is 19.0. The first-order valence-corrected chi connectivity index (χ1v) is 12.3. The van der Waals surface area contributed by atoms with Crippen LogP contribution in [-0.2, 0) is 18.8 Å². The van der Waals surface area contributed by atoms with E-state index >= 15 is 0 Å². The van der Waals surface area contributed by atoms with E-state index in [1.807, 2.05) is 0 Å². The first-order valence-electron chi connectivity index (χ1n) is 11.0. The Bertz CT molecular complexity index is 434. The van der Waals surface area contributed by atoms with Crippen LogP contribution in [0.2, 0.25) is 0 Å². The predicted octanol–water partition coefficient (Wildman–Crippen LogP) is 6.11. The van der Waals surface area contributed by atoms with Gasteiger partial charge in [0.25, 0.3) is 0 Å². The van der Waals surface area contributed by atoms with Crippen LogP contribution in [-0.4, -0.2) is 26.4 Å². The Morgan fingerprint density at radius 3 is 1.56 bits per heavy atom. The van der Waals surface area contributed by atoms with Gasteiger partial charge in [-0.3, -0.25) is 4.18 Å². The Kier molecular flexibility index (Phi) is 15.6. The normalized spacial score (nSPS) is 15.6. The molecule has 0 amide bonds. The highest BCUT2D eigenvalue weighted by Gasteiger charge is 2.34. The zero-order valence-electron chi connectivity index (χ0n) is 18.2. The van der Waals surface area contributed by atoms with Crippen LogP contribution in [0.4, 0.5) is 0 Å².